The maximum atomic E-state index is 10.7. The summed E-state index contributed by atoms with van der Waals surface area (Å²) in [6, 6.07) is 14.3. The average molecular weight is 356 g/mol. The molecule has 0 aliphatic heterocycles. The summed E-state index contributed by atoms with van der Waals surface area (Å²) in [5, 5.41) is 17.1. The van der Waals surface area contributed by atoms with Gasteiger partial charge in [-0.05, 0) is 31.0 Å². The van der Waals surface area contributed by atoms with E-state index < -0.39 is 4.92 Å². The van der Waals surface area contributed by atoms with E-state index in [1.165, 1.54) is 12.1 Å². The summed E-state index contributed by atoms with van der Waals surface area (Å²) in [7, 11) is 1.69. The van der Waals surface area contributed by atoms with E-state index in [1.54, 1.807) is 19.2 Å². The largest absolute Gasteiger partial charge is 0.489 e. The number of ether oxygens (including phenoxy) is 1. The summed E-state index contributed by atoms with van der Waals surface area (Å²) in [5.74, 6) is 1.51. The lowest BCUT2D eigenvalue weighted by Crippen LogP contribution is -2.41. The lowest BCUT2D eigenvalue weighted by Gasteiger charge is -2.18. The van der Waals surface area contributed by atoms with Gasteiger partial charge in [0.15, 0.2) is 5.96 Å². The predicted octanol–water partition coefficient (Wildman–Crippen LogP) is 3.04. The summed E-state index contributed by atoms with van der Waals surface area (Å²) in [5.41, 5.74) is 2.11. The Balaban J connectivity index is 1.80. The van der Waals surface area contributed by atoms with Crippen molar-refractivity contribution in [1.82, 2.24) is 10.6 Å². The number of aryl methyl sites for hydroxylation is 1. The van der Waals surface area contributed by atoms with E-state index in [9.17, 15) is 10.1 Å². The van der Waals surface area contributed by atoms with Crippen LogP contribution in [0.15, 0.2) is 53.5 Å². The van der Waals surface area contributed by atoms with Crippen LogP contribution in [0.2, 0.25) is 0 Å². The van der Waals surface area contributed by atoms with Crippen molar-refractivity contribution >= 4 is 11.6 Å². The van der Waals surface area contributed by atoms with Crippen molar-refractivity contribution in [1.29, 1.82) is 0 Å². The Kier molecular flexibility index (Phi) is 6.96. The molecule has 0 heterocycles. The molecule has 0 spiro atoms. The van der Waals surface area contributed by atoms with E-state index in [-0.39, 0.29) is 11.8 Å². The fourth-order valence-electron chi connectivity index (χ4n) is 2.33. The van der Waals surface area contributed by atoms with E-state index in [1.807, 2.05) is 38.1 Å². The fourth-order valence-corrected chi connectivity index (χ4v) is 2.33. The molecule has 7 heteroatoms. The van der Waals surface area contributed by atoms with Crippen LogP contribution in [0, 0.1) is 17.0 Å². The molecule has 138 valence electrons. The van der Waals surface area contributed by atoms with Gasteiger partial charge in [-0.3, -0.25) is 15.1 Å². The molecule has 0 saturated heterocycles. The lowest BCUT2D eigenvalue weighted by molar-refractivity contribution is -0.384. The number of benzene rings is 2. The number of nitrogens with one attached hydrogen (secondary N) is 2. The van der Waals surface area contributed by atoms with E-state index >= 15 is 0 Å². The number of guanidine groups is 1. The van der Waals surface area contributed by atoms with Gasteiger partial charge in [0, 0.05) is 25.7 Å². The number of aliphatic imine (C=N–C) groups is 1. The number of nitro groups is 1. The highest BCUT2D eigenvalue weighted by atomic mass is 16.6. The SMILES string of the molecule is CN=C(NCc1ccc([N+](=O)[O-])cc1)NCC(C)Oc1ccccc1C. The van der Waals surface area contributed by atoms with Crippen LogP contribution in [0.3, 0.4) is 0 Å². The van der Waals surface area contributed by atoms with Crippen molar-refractivity contribution in [2.75, 3.05) is 13.6 Å². The molecule has 0 saturated carbocycles. The third-order valence-corrected chi connectivity index (χ3v) is 3.81. The van der Waals surface area contributed by atoms with Gasteiger partial charge in [0.2, 0.25) is 0 Å². The molecular weight excluding hydrogens is 332 g/mol. The van der Waals surface area contributed by atoms with E-state index in [4.69, 9.17) is 4.74 Å². The Morgan fingerprint density at radius 1 is 1.19 bits per heavy atom. The van der Waals surface area contributed by atoms with Gasteiger partial charge in [-0.1, -0.05) is 30.3 Å². The molecule has 0 bridgehead atoms. The van der Waals surface area contributed by atoms with Crippen molar-refractivity contribution in [3.8, 4) is 5.75 Å². The lowest BCUT2D eigenvalue weighted by atomic mass is 10.2. The minimum Gasteiger partial charge on any atom is -0.489 e. The second-order valence-corrected chi connectivity index (χ2v) is 5.92. The standard InChI is InChI=1S/C19H24N4O3/c1-14-6-4-5-7-18(14)26-15(2)12-21-19(20-3)22-13-16-8-10-17(11-9-16)23(24)25/h4-11,15H,12-13H2,1-3H3,(H2,20,21,22). The molecular formula is C19H24N4O3. The van der Waals surface area contributed by atoms with Crippen LogP contribution < -0.4 is 15.4 Å². The van der Waals surface area contributed by atoms with Crippen molar-refractivity contribution < 1.29 is 9.66 Å². The van der Waals surface area contributed by atoms with Crippen molar-refractivity contribution in [2.24, 2.45) is 4.99 Å². The Hall–Kier alpha value is -3.09. The first kappa shape index (κ1) is 19.2. The van der Waals surface area contributed by atoms with Gasteiger partial charge in [0.05, 0.1) is 11.5 Å². The molecule has 0 aromatic heterocycles. The first-order chi connectivity index (χ1) is 12.5. The zero-order valence-corrected chi connectivity index (χ0v) is 15.2. The van der Waals surface area contributed by atoms with Gasteiger partial charge >= 0.3 is 0 Å². The van der Waals surface area contributed by atoms with Crippen LogP contribution in [-0.4, -0.2) is 30.6 Å². The van der Waals surface area contributed by atoms with Crippen molar-refractivity contribution in [3.05, 3.63) is 69.8 Å². The number of rotatable bonds is 7. The maximum Gasteiger partial charge on any atom is 0.269 e. The molecule has 0 aliphatic carbocycles. The topological polar surface area (TPSA) is 88.8 Å². The number of nitro benzene ring substituents is 1. The van der Waals surface area contributed by atoms with Gasteiger partial charge < -0.3 is 15.4 Å². The number of hydrogen-bond donors (Lipinski definition) is 2. The van der Waals surface area contributed by atoms with Gasteiger partial charge in [0.1, 0.15) is 11.9 Å². The molecule has 0 fully saturated rings. The highest BCUT2D eigenvalue weighted by Crippen LogP contribution is 2.17. The molecule has 26 heavy (non-hydrogen) atoms. The Labute approximate surface area is 153 Å². The molecule has 2 N–H and O–H groups in total. The highest BCUT2D eigenvalue weighted by Gasteiger charge is 2.08. The second-order valence-electron chi connectivity index (χ2n) is 5.92. The highest BCUT2D eigenvalue weighted by molar-refractivity contribution is 5.79. The number of hydrogen-bond acceptors (Lipinski definition) is 4. The van der Waals surface area contributed by atoms with Crippen LogP contribution in [0.25, 0.3) is 0 Å². The first-order valence-electron chi connectivity index (χ1n) is 8.39. The molecule has 1 atom stereocenters. The smallest absolute Gasteiger partial charge is 0.269 e. The van der Waals surface area contributed by atoms with Crippen molar-refractivity contribution in [2.45, 2.75) is 26.5 Å². The zero-order chi connectivity index (χ0) is 18.9. The molecule has 0 radical (unpaired) electrons. The Morgan fingerprint density at radius 3 is 2.50 bits per heavy atom. The predicted molar refractivity (Wildman–Crippen MR) is 103 cm³/mol. The van der Waals surface area contributed by atoms with Crippen molar-refractivity contribution in [3.63, 3.8) is 0 Å². The summed E-state index contributed by atoms with van der Waals surface area (Å²) >= 11 is 0. The second kappa shape index (κ2) is 9.41. The molecule has 2 aromatic carbocycles. The summed E-state index contributed by atoms with van der Waals surface area (Å²) in [6.07, 6.45) is -0.0333. The number of non-ortho nitro benzene ring substituents is 1. The van der Waals surface area contributed by atoms with Crippen LogP contribution in [0.5, 0.6) is 5.75 Å². The third kappa shape index (κ3) is 5.77. The number of para-hydroxylation sites is 1. The Morgan fingerprint density at radius 2 is 1.88 bits per heavy atom. The molecule has 7 nitrogen and oxygen atoms in total. The van der Waals surface area contributed by atoms with Gasteiger partial charge in [-0.2, -0.15) is 0 Å². The van der Waals surface area contributed by atoms with Crippen LogP contribution >= 0.6 is 0 Å². The van der Waals surface area contributed by atoms with Gasteiger partial charge in [0.25, 0.3) is 5.69 Å². The summed E-state index contributed by atoms with van der Waals surface area (Å²) in [4.78, 5) is 14.4. The molecule has 2 rings (SSSR count). The van der Waals surface area contributed by atoms with Crippen LogP contribution in [0.4, 0.5) is 5.69 Å². The van der Waals surface area contributed by atoms with E-state index in [0.29, 0.717) is 19.0 Å². The third-order valence-electron chi connectivity index (χ3n) is 3.81. The molecule has 1 unspecified atom stereocenters. The van der Waals surface area contributed by atoms with Crippen LogP contribution in [-0.2, 0) is 6.54 Å². The quantitative estimate of drug-likeness (QED) is 0.344. The Bertz CT molecular complexity index is 760. The molecule has 2 aromatic rings. The molecule has 0 amide bonds. The maximum absolute atomic E-state index is 10.7. The van der Waals surface area contributed by atoms with Gasteiger partial charge in [-0.15, -0.1) is 0 Å². The number of nitrogens with zero attached hydrogens (tertiary/aromatic N) is 2. The summed E-state index contributed by atoms with van der Waals surface area (Å²) in [6.45, 7) is 5.11. The normalized spacial score (nSPS) is 12.3. The summed E-state index contributed by atoms with van der Waals surface area (Å²) < 4.78 is 5.93. The van der Waals surface area contributed by atoms with E-state index in [2.05, 4.69) is 15.6 Å². The monoisotopic (exact) mass is 356 g/mol. The minimum absolute atomic E-state index is 0.0333. The average Bonchev–Trinajstić information content (AvgIpc) is 2.64. The molecule has 0 aliphatic rings. The zero-order valence-electron chi connectivity index (χ0n) is 15.2. The van der Waals surface area contributed by atoms with E-state index in [0.717, 1.165) is 16.9 Å². The van der Waals surface area contributed by atoms with Gasteiger partial charge in [-0.25, -0.2) is 0 Å². The van der Waals surface area contributed by atoms with Crippen LogP contribution in [0.1, 0.15) is 18.1 Å². The first-order valence-corrected chi connectivity index (χ1v) is 8.39. The fraction of sp³-hybridized carbons (Fsp3) is 0.316. The minimum atomic E-state index is -0.409.